The van der Waals surface area contributed by atoms with Gasteiger partial charge in [-0.05, 0) is 76.7 Å². The number of likely N-dealkylation sites (tertiary alicyclic amines) is 1. The first-order chi connectivity index (χ1) is 12.6. The molecule has 1 saturated heterocycles. The highest BCUT2D eigenvalue weighted by Crippen LogP contribution is 2.47. The highest BCUT2D eigenvalue weighted by molar-refractivity contribution is 5.49. The molecule has 1 saturated carbocycles. The van der Waals surface area contributed by atoms with E-state index in [2.05, 4.69) is 36.2 Å². The number of aliphatic hydroxyl groups excluding tert-OH is 1. The van der Waals surface area contributed by atoms with E-state index < -0.39 is 0 Å². The van der Waals surface area contributed by atoms with Crippen molar-refractivity contribution < 1.29 is 14.6 Å². The predicted octanol–water partition coefficient (Wildman–Crippen LogP) is 3.67. The van der Waals surface area contributed by atoms with Gasteiger partial charge in [-0.15, -0.1) is 0 Å². The second-order valence-electron chi connectivity index (χ2n) is 8.07. The van der Waals surface area contributed by atoms with E-state index in [0.29, 0.717) is 18.8 Å². The molecule has 3 atom stereocenters. The van der Waals surface area contributed by atoms with Crippen molar-refractivity contribution in [1.29, 1.82) is 0 Å². The molecule has 4 rings (SSSR count). The minimum atomic E-state index is -0.342. The van der Waals surface area contributed by atoms with E-state index in [9.17, 15) is 5.11 Å². The Hall–Kier alpha value is -1.52. The number of nitrogens with zero attached hydrogens (tertiary/aromatic N) is 1. The number of hydrogen-bond acceptors (Lipinski definition) is 4. The molecular formula is C22H31NO3. The van der Waals surface area contributed by atoms with Crippen molar-refractivity contribution >= 4 is 0 Å². The van der Waals surface area contributed by atoms with Crippen LogP contribution in [0.5, 0.6) is 11.5 Å². The Bertz CT molecular complexity index is 667. The van der Waals surface area contributed by atoms with Gasteiger partial charge < -0.3 is 19.5 Å². The summed E-state index contributed by atoms with van der Waals surface area (Å²) in [5, 5.41) is 10.1. The van der Waals surface area contributed by atoms with Crippen LogP contribution in [0.4, 0.5) is 0 Å². The monoisotopic (exact) mass is 357 g/mol. The zero-order chi connectivity index (χ0) is 18.1. The Morgan fingerprint density at radius 1 is 1.23 bits per heavy atom. The van der Waals surface area contributed by atoms with E-state index in [1.54, 1.807) is 0 Å². The number of rotatable bonds is 5. The summed E-state index contributed by atoms with van der Waals surface area (Å²) in [6.07, 6.45) is 10.8. The Morgan fingerprint density at radius 2 is 2.04 bits per heavy atom. The first-order valence-electron chi connectivity index (χ1n) is 10.1. The molecule has 1 aromatic rings. The molecule has 0 amide bonds. The first-order valence-corrected chi connectivity index (χ1v) is 10.1. The zero-order valence-electron chi connectivity index (χ0n) is 16.0. The summed E-state index contributed by atoms with van der Waals surface area (Å²) in [5.74, 6) is 1.74. The number of fused-ring (bicyclic) bond motifs is 1. The molecule has 0 aromatic heterocycles. The fraction of sp³-hybridized carbons (Fsp3) is 0.636. The second kappa shape index (κ2) is 7.24. The third kappa shape index (κ3) is 3.14. The molecule has 1 aromatic carbocycles. The van der Waals surface area contributed by atoms with Gasteiger partial charge in [0.2, 0.25) is 0 Å². The predicted molar refractivity (Wildman–Crippen MR) is 103 cm³/mol. The van der Waals surface area contributed by atoms with Crippen LogP contribution in [0.2, 0.25) is 0 Å². The molecule has 1 heterocycles. The summed E-state index contributed by atoms with van der Waals surface area (Å²) in [6.45, 7) is 3.70. The van der Waals surface area contributed by atoms with Gasteiger partial charge in [-0.2, -0.15) is 0 Å². The quantitative estimate of drug-likeness (QED) is 0.817. The fourth-order valence-corrected chi connectivity index (χ4v) is 5.03. The lowest BCUT2D eigenvalue weighted by Crippen LogP contribution is -2.44. The first kappa shape index (κ1) is 17.9. The minimum absolute atomic E-state index is 0.0352. The number of hydrogen-bond donors (Lipinski definition) is 1. The zero-order valence-corrected chi connectivity index (χ0v) is 16.0. The molecule has 4 heteroatoms. The Morgan fingerprint density at radius 3 is 2.81 bits per heavy atom. The molecular weight excluding hydrogens is 326 g/mol. The average molecular weight is 357 g/mol. The van der Waals surface area contributed by atoms with E-state index >= 15 is 0 Å². The fourth-order valence-electron chi connectivity index (χ4n) is 5.03. The summed E-state index contributed by atoms with van der Waals surface area (Å²) in [7, 11) is 2.17. The van der Waals surface area contributed by atoms with Crippen LogP contribution in [0.25, 0.3) is 0 Å². The maximum absolute atomic E-state index is 10.1. The lowest BCUT2D eigenvalue weighted by atomic mass is 9.69. The lowest BCUT2D eigenvalue weighted by Gasteiger charge is -2.39. The number of ether oxygens (including phenoxy) is 2. The van der Waals surface area contributed by atoms with Crippen molar-refractivity contribution in [3.63, 3.8) is 0 Å². The van der Waals surface area contributed by atoms with Gasteiger partial charge in [-0.1, -0.05) is 18.2 Å². The van der Waals surface area contributed by atoms with Crippen LogP contribution in [0.1, 0.15) is 51.0 Å². The minimum Gasteiger partial charge on any atom is -0.490 e. The molecule has 1 aliphatic heterocycles. The Labute approximate surface area is 156 Å². The Balaban J connectivity index is 1.70. The Kier molecular flexibility index (Phi) is 4.98. The highest BCUT2D eigenvalue weighted by Gasteiger charge is 2.48. The maximum atomic E-state index is 10.1. The number of likely N-dealkylation sites (N-methyl/N-ethyl adjacent to an activating group) is 1. The van der Waals surface area contributed by atoms with Crippen LogP contribution in [-0.2, 0) is 5.41 Å². The molecule has 0 spiro atoms. The maximum Gasteiger partial charge on any atom is 0.161 e. The third-order valence-electron chi connectivity index (χ3n) is 6.46. The highest BCUT2D eigenvalue weighted by atomic mass is 16.5. The standard InChI is InChI=1S/C22H31NO3/c1-3-25-19-9-8-16(14-20(19)26-18-6-4-5-7-18)22-11-10-17(24)15-21(22)23(2)13-12-22/h8-11,14,17-18,21,24H,3-7,12-13,15H2,1-2H3/t17-,21?,22-/m0/s1. The molecule has 142 valence electrons. The lowest BCUT2D eigenvalue weighted by molar-refractivity contribution is 0.137. The summed E-state index contributed by atoms with van der Waals surface area (Å²) in [6, 6.07) is 6.81. The number of aliphatic hydroxyl groups is 1. The molecule has 0 radical (unpaired) electrons. The normalized spacial score (nSPS) is 32.0. The summed E-state index contributed by atoms with van der Waals surface area (Å²) >= 11 is 0. The van der Waals surface area contributed by atoms with Gasteiger partial charge in [0.25, 0.3) is 0 Å². The van der Waals surface area contributed by atoms with Crippen molar-refractivity contribution in [1.82, 2.24) is 4.90 Å². The smallest absolute Gasteiger partial charge is 0.161 e. The van der Waals surface area contributed by atoms with E-state index in [1.807, 2.05) is 13.0 Å². The van der Waals surface area contributed by atoms with Crippen LogP contribution in [0, 0.1) is 0 Å². The largest absolute Gasteiger partial charge is 0.490 e. The van der Waals surface area contributed by atoms with E-state index in [0.717, 1.165) is 43.7 Å². The second-order valence-corrected chi connectivity index (χ2v) is 8.07. The molecule has 0 bridgehead atoms. The molecule has 26 heavy (non-hydrogen) atoms. The molecule has 1 N–H and O–H groups in total. The van der Waals surface area contributed by atoms with Crippen molar-refractivity contribution in [3.8, 4) is 11.5 Å². The summed E-state index contributed by atoms with van der Waals surface area (Å²) in [5.41, 5.74) is 1.25. The average Bonchev–Trinajstić information content (AvgIpc) is 3.26. The molecule has 4 nitrogen and oxygen atoms in total. The summed E-state index contributed by atoms with van der Waals surface area (Å²) in [4.78, 5) is 2.39. The van der Waals surface area contributed by atoms with E-state index in [-0.39, 0.29) is 11.5 Å². The molecule has 1 unspecified atom stereocenters. The van der Waals surface area contributed by atoms with Crippen molar-refractivity contribution in [2.24, 2.45) is 0 Å². The van der Waals surface area contributed by atoms with Gasteiger partial charge in [0, 0.05) is 11.5 Å². The van der Waals surface area contributed by atoms with Crippen molar-refractivity contribution in [3.05, 3.63) is 35.9 Å². The van der Waals surface area contributed by atoms with Crippen LogP contribution < -0.4 is 9.47 Å². The SMILES string of the molecule is CCOc1ccc([C@@]23C=C[C@H](O)CC2N(C)CC3)cc1OC1CCCC1. The van der Waals surface area contributed by atoms with Gasteiger partial charge in [0.15, 0.2) is 11.5 Å². The van der Waals surface area contributed by atoms with Crippen molar-refractivity contribution in [2.75, 3.05) is 20.2 Å². The van der Waals surface area contributed by atoms with Gasteiger partial charge in [-0.25, -0.2) is 0 Å². The summed E-state index contributed by atoms with van der Waals surface area (Å²) < 4.78 is 12.2. The van der Waals surface area contributed by atoms with Gasteiger partial charge in [-0.3, -0.25) is 0 Å². The van der Waals surface area contributed by atoms with Crippen LogP contribution >= 0.6 is 0 Å². The van der Waals surface area contributed by atoms with E-state index in [1.165, 1.54) is 18.4 Å². The van der Waals surface area contributed by atoms with Crippen molar-refractivity contribution in [2.45, 2.75) is 69.1 Å². The van der Waals surface area contributed by atoms with Crippen LogP contribution in [-0.4, -0.2) is 48.5 Å². The van der Waals surface area contributed by atoms with Gasteiger partial charge in [0.05, 0.1) is 18.8 Å². The molecule has 2 fully saturated rings. The van der Waals surface area contributed by atoms with Gasteiger partial charge in [0.1, 0.15) is 0 Å². The van der Waals surface area contributed by atoms with Crippen LogP contribution in [0.15, 0.2) is 30.4 Å². The van der Waals surface area contributed by atoms with Crippen LogP contribution in [0.3, 0.4) is 0 Å². The topological polar surface area (TPSA) is 41.9 Å². The van der Waals surface area contributed by atoms with Gasteiger partial charge >= 0.3 is 0 Å². The van der Waals surface area contributed by atoms with E-state index in [4.69, 9.17) is 9.47 Å². The third-order valence-corrected chi connectivity index (χ3v) is 6.46. The molecule has 3 aliphatic rings. The molecule has 2 aliphatic carbocycles. The number of benzene rings is 1.